The van der Waals surface area contributed by atoms with Crippen molar-refractivity contribution in [3.63, 3.8) is 0 Å². The Morgan fingerprint density at radius 2 is 1.06 bits per heavy atom. The van der Waals surface area contributed by atoms with Crippen LogP contribution in [-0.4, -0.2) is 11.9 Å². The molecule has 0 aliphatic carbocycles. The van der Waals surface area contributed by atoms with E-state index >= 15 is 0 Å². The first-order valence-corrected chi connectivity index (χ1v) is 11.4. The van der Waals surface area contributed by atoms with Crippen LogP contribution in [0.3, 0.4) is 0 Å². The molecule has 32 heavy (non-hydrogen) atoms. The van der Waals surface area contributed by atoms with Crippen molar-refractivity contribution < 1.29 is 19.1 Å². The lowest BCUT2D eigenvalue weighted by molar-refractivity contribution is 0.0467. The van der Waals surface area contributed by atoms with Crippen LogP contribution in [-0.2, 0) is 22.7 Å². The van der Waals surface area contributed by atoms with Crippen LogP contribution < -0.4 is 0 Å². The van der Waals surface area contributed by atoms with Crippen LogP contribution in [0.2, 0.25) is 0 Å². The molecule has 0 saturated heterocycles. The van der Waals surface area contributed by atoms with E-state index in [4.69, 9.17) is 9.47 Å². The predicted molar refractivity (Wildman–Crippen MR) is 132 cm³/mol. The van der Waals surface area contributed by atoms with Crippen LogP contribution in [0.1, 0.15) is 43.0 Å². The van der Waals surface area contributed by atoms with Crippen LogP contribution in [0.5, 0.6) is 0 Å². The third-order valence-electron chi connectivity index (χ3n) is 4.44. The molecule has 158 valence electrons. The quantitative estimate of drug-likeness (QED) is 0.264. The summed E-state index contributed by atoms with van der Waals surface area (Å²) in [7, 11) is 0. The highest BCUT2D eigenvalue weighted by Gasteiger charge is 2.30. The molecule has 3 aromatic rings. The second-order valence-electron chi connectivity index (χ2n) is 6.48. The highest BCUT2D eigenvalue weighted by Crippen LogP contribution is 2.32. The lowest BCUT2D eigenvalue weighted by Crippen LogP contribution is -2.18. The number of carbonyl (C=O) groups is 2. The third-order valence-corrected chi connectivity index (χ3v) is 6.59. The van der Waals surface area contributed by atoms with Gasteiger partial charge in [0.15, 0.2) is 0 Å². The molecule has 6 nitrogen and oxygen atoms in total. The molecule has 0 N–H and O–H groups in total. The largest absolute Gasteiger partial charge is 0.457 e. The smallest absolute Gasteiger partial charge is 0.340 e. The number of halogens is 2. The summed E-state index contributed by atoms with van der Waals surface area (Å²) in [6.07, 6.45) is 0. The van der Waals surface area contributed by atoms with E-state index in [1.54, 1.807) is 69.4 Å². The fourth-order valence-corrected chi connectivity index (χ4v) is 4.63. The second-order valence-corrected chi connectivity index (χ2v) is 8.63. The van der Waals surface area contributed by atoms with Gasteiger partial charge in [-0.2, -0.15) is 10.5 Å². The van der Waals surface area contributed by atoms with Gasteiger partial charge in [-0.15, -0.1) is 0 Å². The van der Waals surface area contributed by atoms with Gasteiger partial charge in [-0.05, 0) is 56.3 Å². The minimum atomic E-state index is -0.755. The van der Waals surface area contributed by atoms with Crippen molar-refractivity contribution in [1.82, 2.24) is 0 Å². The van der Waals surface area contributed by atoms with Crippen LogP contribution >= 0.6 is 45.2 Å². The second kappa shape index (κ2) is 11.1. The predicted octanol–water partition coefficient (Wildman–Crippen LogP) is 5.35. The number of nitrogens with zero attached hydrogens (tertiary/aromatic N) is 2. The standard InChI is InChI=1S/C24H14I2N2O4/c25-21-17(11-27)19(23(29)31-13-15-7-3-1-4-8-15)22(26)20(18(21)12-28)24(30)32-14-16-9-5-2-6-10-16/h1-10H,13-14H2. The highest BCUT2D eigenvalue weighted by molar-refractivity contribution is 14.1. The molecule has 0 fully saturated rings. The Hall–Kier alpha value is -2.96. The van der Waals surface area contributed by atoms with Crippen molar-refractivity contribution in [3.05, 3.63) is 101 Å². The van der Waals surface area contributed by atoms with Gasteiger partial charge in [0, 0.05) is 3.57 Å². The van der Waals surface area contributed by atoms with E-state index in [-0.39, 0.29) is 42.6 Å². The zero-order valence-electron chi connectivity index (χ0n) is 16.5. The number of rotatable bonds is 6. The number of esters is 2. The van der Waals surface area contributed by atoms with E-state index in [2.05, 4.69) is 0 Å². The number of benzene rings is 3. The van der Waals surface area contributed by atoms with Crippen LogP contribution in [0.25, 0.3) is 0 Å². The molecule has 0 spiro atoms. The summed E-state index contributed by atoms with van der Waals surface area (Å²) in [5, 5.41) is 19.3. The van der Waals surface area contributed by atoms with Crippen LogP contribution in [0.4, 0.5) is 0 Å². The summed E-state index contributed by atoms with van der Waals surface area (Å²) >= 11 is 3.58. The van der Waals surface area contributed by atoms with Gasteiger partial charge in [0.25, 0.3) is 0 Å². The van der Waals surface area contributed by atoms with Crippen molar-refractivity contribution in [2.75, 3.05) is 0 Å². The van der Waals surface area contributed by atoms with Gasteiger partial charge < -0.3 is 9.47 Å². The zero-order chi connectivity index (χ0) is 23.1. The van der Waals surface area contributed by atoms with E-state index in [9.17, 15) is 20.1 Å². The maximum atomic E-state index is 12.9. The summed E-state index contributed by atoms with van der Waals surface area (Å²) in [4.78, 5) is 25.8. The Morgan fingerprint density at radius 1 is 0.688 bits per heavy atom. The molecule has 8 heteroatoms. The van der Waals surface area contributed by atoms with E-state index < -0.39 is 11.9 Å². The van der Waals surface area contributed by atoms with E-state index in [0.717, 1.165) is 11.1 Å². The summed E-state index contributed by atoms with van der Waals surface area (Å²) in [6, 6.07) is 22.1. The SMILES string of the molecule is N#Cc1c(I)c(C#N)c(C(=O)OCc2ccccc2)c(I)c1C(=O)OCc1ccccc1. The van der Waals surface area contributed by atoms with Crippen molar-refractivity contribution >= 4 is 57.1 Å². The summed E-state index contributed by atoms with van der Waals surface area (Å²) in [5.74, 6) is -1.51. The molecule has 3 aromatic carbocycles. The Balaban J connectivity index is 1.97. The number of hydrogen-bond acceptors (Lipinski definition) is 6. The number of ether oxygens (including phenoxy) is 2. The zero-order valence-corrected chi connectivity index (χ0v) is 20.8. The fourth-order valence-electron chi connectivity index (χ4n) is 2.87. The fraction of sp³-hybridized carbons (Fsp3) is 0.0833. The normalized spacial score (nSPS) is 10.0. The first-order valence-electron chi connectivity index (χ1n) is 9.25. The van der Waals surface area contributed by atoms with E-state index in [1.165, 1.54) is 0 Å². The van der Waals surface area contributed by atoms with Gasteiger partial charge >= 0.3 is 11.9 Å². The number of hydrogen-bond donors (Lipinski definition) is 0. The van der Waals surface area contributed by atoms with Crippen molar-refractivity contribution in [1.29, 1.82) is 10.5 Å². The van der Waals surface area contributed by atoms with Crippen LogP contribution in [0, 0.1) is 29.8 Å². The Morgan fingerprint density at radius 3 is 1.41 bits per heavy atom. The molecule has 0 bridgehead atoms. The average molecular weight is 648 g/mol. The minimum absolute atomic E-state index is 0.00495. The molecule has 0 saturated carbocycles. The van der Waals surface area contributed by atoms with Gasteiger partial charge in [0.1, 0.15) is 25.4 Å². The highest BCUT2D eigenvalue weighted by atomic mass is 127. The number of nitriles is 2. The van der Waals surface area contributed by atoms with Gasteiger partial charge in [0.05, 0.1) is 25.8 Å². The molecular formula is C24H14I2N2O4. The van der Waals surface area contributed by atoms with Gasteiger partial charge in [-0.25, -0.2) is 9.59 Å². The summed E-state index contributed by atoms with van der Waals surface area (Å²) < 4.78 is 11.1. The van der Waals surface area contributed by atoms with E-state index in [1.807, 2.05) is 48.5 Å². The lowest BCUT2D eigenvalue weighted by Gasteiger charge is -2.15. The van der Waals surface area contributed by atoms with E-state index in [0.29, 0.717) is 0 Å². The molecule has 0 heterocycles. The lowest BCUT2D eigenvalue weighted by atomic mass is 9.99. The molecule has 0 unspecified atom stereocenters. The van der Waals surface area contributed by atoms with Crippen molar-refractivity contribution in [2.24, 2.45) is 0 Å². The van der Waals surface area contributed by atoms with Crippen LogP contribution in [0.15, 0.2) is 60.7 Å². The molecule has 0 aromatic heterocycles. The third kappa shape index (κ3) is 5.26. The molecule has 0 aliphatic heterocycles. The summed E-state index contributed by atoms with van der Waals surface area (Å²) in [5.41, 5.74) is 1.42. The molecule has 0 aliphatic rings. The number of carbonyl (C=O) groups excluding carboxylic acids is 2. The summed E-state index contributed by atoms with van der Waals surface area (Å²) in [6.45, 7) is 0.00990. The first kappa shape index (κ1) is 23.7. The maximum absolute atomic E-state index is 12.9. The topological polar surface area (TPSA) is 100 Å². The van der Waals surface area contributed by atoms with Crippen molar-refractivity contribution in [2.45, 2.75) is 13.2 Å². The van der Waals surface area contributed by atoms with Gasteiger partial charge in [-0.3, -0.25) is 0 Å². The Kier molecular flexibility index (Phi) is 8.20. The molecule has 0 atom stereocenters. The molecular weight excluding hydrogens is 634 g/mol. The molecule has 0 radical (unpaired) electrons. The molecule has 3 rings (SSSR count). The van der Waals surface area contributed by atoms with Gasteiger partial charge in [-0.1, -0.05) is 60.7 Å². The van der Waals surface area contributed by atoms with Crippen molar-refractivity contribution in [3.8, 4) is 12.1 Å². The monoisotopic (exact) mass is 648 g/mol. The Bertz CT molecular complexity index is 1150. The minimum Gasteiger partial charge on any atom is -0.457 e. The first-order chi connectivity index (χ1) is 15.5. The molecule has 0 amide bonds. The Labute approximate surface area is 212 Å². The van der Waals surface area contributed by atoms with Gasteiger partial charge in [0.2, 0.25) is 0 Å². The average Bonchev–Trinajstić information content (AvgIpc) is 2.82. The maximum Gasteiger partial charge on any atom is 0.340 e.